The van der Waals surface area contributed by atoms with Crippen LogP contribution in [0.5, 0.6) is 11.5 Å². The lowest BCUT2D eigenvalue weighted by Gasteiger charge is -2.26. The molecule has 176 valence electrons. The second-order valence-corrected chi connectivity index (χ2v) is 8.02. The van der Waals surface area contributed by atoms with Crippen molar-refractivity contribution in [1.29, 1.82) is 0 Å². The van der Waals surface area contributed by atoms with E-state index in [0.29, 0.717) is 42.2 Å². The summed E-state index contributed by atoms with van der Waals surface area (Å²) in [5.41, 5.74) is 1.15. The van der Waals surface area contributed by atoms with E-state index in [0.717, 1.165) is 10.8 Å². The first kappa shape index (κ1) is 23.3. The van der Waals surface area contributed by atoms with E-state index in [2.05, 4.69) is 0 Å². The predicted molar refractivity (Wildman–Crippen MR) is 129 cm³/mol. The van der Waals surface area contributed by atoms with Crippen molar-refractivity contribution in [2.24, 2.45) is 0 Å². The number of hydrogen-bond acceptors (Lipinski definition) is 6. The number of hydrogen-bond donors (Lipinski definition) is 1. The number of ketones is 1. The number of nitrogens with zero attached hydrogens (tertiary/aromatic N) is 1. The maximum absolute atomic E-state index is 13.2. The van der Waals surface area contributed by atoms with E-state index in [4.69, 9.17) is 14.2 Å². The summed E-state index contributed by atoms with van der Waals surface area (Å²) in [5, 5.41) is 13.2. The fourth-order valence-corrected chi connectivity index (χ4v) is 4.35. The van der Waals surface area contributed by atoms with Crippen molar-refractivity contribution >= 4 is 28.2 Å². The van der Waals surface area contributed by atoms with Gasteiger partial charge in [-0.25, -0.2) is 0 Å². The Morgan fingerprint density at radius 3 is 2.35 bits per heavy atom. The van der Waals surface area contributed by atoms with Gasteiger partial charge in [0.25, 0.3) is 11.7 Å². The van der Waals surface area contributed by atoms with Gasteiger partial charge in [0.05, 0.1) is 25.8 Å². The Morgan fingerprint density at radius 2 is 1.65 bits per heavy atom. The highest BCUT2D eigenvalue weighted by Crippen LogP contribution is 2.42. The highest BCUT2D eigenvalue weighted by atomic mass is 16.5. The molecule has 34 heavy (non-hydrogen) atoms. The van der Waals surface area contributed by atoms with Gasteiger partial charge in [-0.15, -0.1) is 0 Å². The second kappa shape index (κ2) is 9.97. The molecule has 0 spiro atoms. The molecule has 0 aromatic heterocycles. The molecule has 1 amide bonds. The minimum atomic E-state index is -0.775. The Bertz CT molecular complexity index is 1260. The van der Waals surface area contributed by atoms with Crippen LogP contribution >= 0.6 is 0 Å². The molecule has 0 saturated carbocycles. The number of rotatable bonds is 8. The van der Waals surface area contributed by atoms with Crippen LogP contribution in [0.4, 0.5) is 0 Å². The Hall–Kier alpha value is -3.84. The SMILES string of the molecule is COCCCN1C(=O)C(=O)/C(=C(/O)c2ccc3ccccc3c2)C1c1ccc(OC)c(OC)c1. The quantitative estimate of drug-likeness (QED) is 0.233. The Balaban J connectivity index is 1.87. The zero-order valence-electron chi connectivity index (χ0n) is 19.4. The third kappa shape index (κ3) is 4.22. The molecule has 1 fully saturated rings. The summed E-state index contributed by atoms with van der Waals surface area (Å²) < 4.78 is 15.9. The molecular formula is C27H27NO6. The zero-order chi connectivity index (χ0) is 24.2. The molecule has 1 saturated heterocycles. The minimum Gasteiger partial charge on any atom is -0.507 e. The van der Waals surface area contributed by atoms with Crippen LogP contribution in [0.25, 0.3) is 16.5 Å². The number of carbonyl (C=O) groups is 2. The molecule has 0 bridgehead atoms. The fraction of sp³-hybridized carbons (Fsp3) is 0.259. The van der Waals surface area contributed by atoms with Crippen LogP contribution in [0, 0.1) is 0 Å². The molecule has 7 heteroatoms. The third-order valence-corrected chi connectivity index (χ3v) is 6.03. The summed E-state index contributed by atoms with van der Waals surface area (Å²) in [6, 6.07) is 17.6. The molecule has 1 aliphatic heterocycles. The van der Waals surface area contributed by atoms with Gasteiger partial charge in [0, 0.05) is 25.8 Å². The van der Waals surface area contributed by atoms with Crippen molar-refractivity contribution in [1.82, 2.24) is 4.90 Å². The second-order valence-electron chi connectivity index (χ2n) is 8.02. The van der Waals surface area contributed by atoms with E-state index in [1.165, 1.54) is 19.1 Å². The van der Waals surface area contributed by atoms with Crippen LogP contribution in [-0.4, -0.2) is 56.2 Å². The molecule has 0 aliphatic carbocycles. The molecule has 1 heterocycles. The number of aliphatic hydroxyl groups excluding tert-OH is 1. The lowest BCUT2D eigenvalue weighted by Crippen LogP contribution is -2.31. The molecule has 1 N–H and O–H groups in total. The number of fused-ring (bicyclic) bond motifs is 1. The van der Waals surface area contributed by atoms with Crippen molar-refractivity contribution in [3.63, 3.8) is 0 Å². The number of aliphatic hydroxyl groups is 1. The van der Waals surface area contributed by atoms with Crippen LogP contribution in [0.15, 0.2) is 66.2 Å². The van der Waals surface area contributed by atoms with Crippen LogP contribution in [0.1, 0.15) is 23.6 Å². The van der Waals surface area contributed by atoms with Gasteiger partial charge in [0.2, 0.25) is 0 Å². The van der Waals surface area contributed by atoms with Crippen LogP contribution < -0.4 is 9.47 Å². The van der Waals surface area contributed by atoms with E-state index in [9.17, 15) is 14.7 Å². The molecule has 1 unspecified atom stereocenters. The largest absolute Gasteiger partial charge is 0.507 e. The van der Waals surface area contributed by atoms with E-state index in [1.807, 2.05) is 36.4 Å². The van der Waals surface area contributed by atoms with Gasteiger partial charge in [0.1, 0.15) is 5.76 Å². The molecule has 1 aliphatic rings. The van der Waals surface area contributed by atoms with Crippen molar-refractivity contribution in [2.75, 3.05) is 34.5 Å². The van der Waals surface area contributed by atoms with Gasteiger partial charge in [-0.3, -0.25) is 9.59 Å². The number of Topliss-reactive ketones (excluding diaryl/α,β-unsaturated/α-hetero) is 1. The lowest BCUT2D eigenvalue weighted by atomic mass is 9.94. The first-order valence-corrected chi connectivity index (χ1v) is 11.0. The van der Waals surface area contributed by atoms with E-state index < -0.39 is 17.7 Å². The minimum absolute atomic E-state index is 0.0462. The van der Waals surface area contributed by atoms with Crippen molar-refractivity contribution in [3.8, 4) is 11.5 Å². The fourth-order valence-electron chi connectivity index (χ4n) is 4.35. The standard InChI is InChI=1S/C27H27NO6/c1-32-14-6-13-28-24(19-11-12-21(33-2)22(16-19)34-3)23(26(30)27(28)31)25(29)20-10-9-17-7-4-5-8-18(17)15-20/h4-5,7-12,15-16,24,29H,6,13-14H2,1-3H3/b25-23+. The summed E-state index contributed by atoms with van der Waals surface area (Å²) in [6.07, 6.45) is 0.545. The van der Waals surface area contributed by atoms with Gasteiger partial charge < -0.3 is 24.2 Å². The number of ether oxygens (including phenoxy) is 3. The first-order valence-electron chi connectivity index (χ1n) is 11.0. The summed E-state index contributed by atoms with van der Waals surface area (Å²) in [6.45, 7) is 0.734. The van der Waals surface area contributed by atoms with E-state index in [1.54, 1.807) is 31.4 Å². The average Bonchev–Trinajstić information content (AvgIpc) is 3.12. The van der Waals surface area contributed by atoms with Gasteiger partial charge >= 0.3 is 0 Å². The lowest BCUT2D eigenvalue weighted by molar-refractivity contribution is -0.140. The van der Waals surface area contributed by atoms with E-state index >= 15 is 0 Å². The van der Waals surface area contributed by atoms with Crippen LogP contribution in [-0.2, 0) is 14.3 Å². The molecule has 0 radical (unpaired) electrons. The summed E-state index contributed by atoms with van der Waals surface area (Å²) in [5.74, 6) is -0.593. The molecular weight excluding hydrogens is 434 g/mol. The molecule has 7 nitrogen and oxygen atoms in total. The smallest absolute Gasteiger partial charge is 0.295 e. The van der Waals surface area contributed by atoms with Crippen molar-refractivity contribution in [3.05, 3.63) is 77.4 Å². The first-order chi connectivity index (χ1) is 16.5. The summed E-state index contributed by atoms with van der Waals surface area (Å²) >= 11 is 0. The van der Waals surface area contributed by atoms with Gasteiger partial charge in [0.15, 0.2) is 11.5 Å². The molecule has 1 atom stereocenters. The maximum atomic E-state index is 13.2. The zero-order valence-corrected chi connectivity index (χ0v) is 19.4. The van der Waals surface area contributed by atoms with E-state index in [-0.39, 0.29) is 11.3 Å². The molecule has 3 aromatic carbocycles. The highest BCUT2D eigenvalue weighted by molar-refractivity contribution is 6.46. The predicted octanol–water partition coefficient (Wildman–Crippen LogP) is 4.32. The Morgan fingerprint density at radius 1 is 0.912 bits per heavy atom. The number of amides is 1. The summed E-state index contributed by atoms with van der Waals surface area (Å²) in [7, 11) is 4.64. The Labute approximate surface area is 198 Å². The number of benzene rings is 3. The molecule has 3 aromatic rings. The third-order valence-electron chi connectivity index (χ3n) is 6.03. The van der Waals surface area contributed by atoms with Gasteiger partial charge in [-0.2, -0.15) is 0 Å². The number of carbonyl (C=O) groups excluding carboxylic acids is 2. The highest BCUT2D eigenvalue weighted by Gasteiger charge is 2.46. The maximum Gasteiger partial charge on any atom is 0.295 e. The summed E-state index contributed by atoms with van der Waals surface area (Å²) in [4.78, 5) is 27.7. The topological polar surface area (TPSA) is 85.3 Å². The van der Waals surface area contributed by atoms with Gasteiger partial charge in [-0.05, 0) is 41.0 Å². The van der Waals surface area contributed by atoms with Crippen LogP contribution in [0.3, 0.4) is 0 Å². The Kier molecular flexibility index (Phi) is 6.84. The number of methoxy groups -OCH3 is 3. The van der Waals surface area contributed by atoms with Crippen molar-refractivity contribution < 1.29 is 28.9 Å². The van der Waals surface area contributed by atoms with Gasteiger partial charge in [-0.1, -0.05) is 42.5 Å². The monoisotopic (exact) mass is 461 g/mol. The molecule has 4 rings (SSSR count). The average molecular weight is 462 g/mol. The number of likely N-dealkylation sites (tertiary alicyclic amines) is 1. The normalized spacial score (nSPS) is 17.4. The van der Waals surface area contributed by atoms with Crippen LogP contribution in [0.2, 0.25) is 0 Å². The van der Waals surface area contributed by atoms with Crippen molar-refractivity contribution in [2.45, 2.75) is 12.5 Å².